The van der Waals surface area contributed by atoms with Gasteiger partial charge in [0.25, 0.3) is 0 Å². The third-order valence-electron chi connectivity index (χ3n) is 2.72. The van der Waals surface area contributed by atoms with E-state index in [1.807, 2.05) is 0 Å². The second kappa shape index (κ2) is 4.77. The van der Waals surface area contributed by atoms with Crippen molar-refractivity contribution in [3.05, 3.63) is 11.6 Å². The standard InChI is InChI=1S/C11H21NO/c1-9(2)4-6-12-7-5-11(13)8-10(12)3/h4,10-11,13H,5-8H2,1-3H3. The van der Waals surface area contributed by atoms with Gasteiger partial charge in [0.05, 0.1) is 6.10 Å². The van der Waals surface area contributed by atoms with Gasteiger partial charge in [-0.2, -0.15) is 0 Å². The summed E-state index contributed by atoms with van der Waals surface area (Å²) in [6.45, 7) is 8.52. The molecule has 1 saturated heterocycles. The van der Waals surface area contributed by atoms with E-state index < -0.39 is 0 Å². The first-order valence-electron chi connectivity index (χ1n) is 5.15. The van der Waals surface area contributed by atoms with E-state index in [0.717, 1.165) is 25.9 Å². The first kappa shape index (κ1) is 10.7. The van der Waals surface area contributed by atoms with Crippen LogP contribution in [-0.4, -0.2) is 35.2 Å². The molecule has 2 atom stereocenters. The molecule has 0 saturated carbocycles. The molecule has 0 aliphatic carbocycles. The Morgan fingerprint density at radius 1 is 1.54 bits per heavy atom. The smallest absolute Gasteiger partial charge is 0.0567 e. The first-order valence-corrected chi connectivity index (χ1v) is 5.15. The Hall–Kier alpha value is -0.340. The van der Waals surface area contributed by atoms with Crippen LogP contribution in [-0.2, 0) is 0 Å². The highest BCUT2D eigenvalue weighted by Gasteiger charge is 2.22. The minimum absolute atomic E-state index is 0.0713. The quantitative estimate of drug-likeness (QED) is 0.660. The fourth-order valence-electron chi connectivity index (χ4n) is 1.77. The molecule has 76 valence electrons. The van der Waals surface area contributed by atoms with Gasteiger partial charge in [0.15, 0.2) is 0 Å². The summed E-state index contributed by atoms with van der Waals surface area (Å²) in [7, 11) is 0. The SMILES string of the molecule is CC(C)=CCN1CCC(O)CC1C. The van der Waals surface area contributed by atoms with Crippen LogP contribution in [0.15, 0.2) is 11.6 Å². The first-order chi connectivity index (χ1) is 6.09. The van der Waals surface area contributed by atoms with Crippen molar-refractivity contribution in [3.8, 4) is 0 Å². The molecule has 1 heterocycles. The number of aliphatic hydroxyl groups excluding tert-OH is 1. The summed E-state index contributed by atoms with van der Waals surface area (Å²) in [6.07, 6.45) is 4.05. The summed E-state index contributed by atoms with van der Waals surface area (Å²) in [4.78, 5) is 2.43. The zero-order chi connectivity index (χ0) is 9.84. The number of allylic oxidation sites excluding steroid dienone is 1. The molecule has 13 heavy (non-hydrogen) atoms. The molecule has 1 N–H and O–H groups in total. The molecule has 1 rings (SSSR count). The Kier molecular flexibility index (Phi) is 3.94. The molecule has 0 bridgehead atoms. The van der Waals surface area contributed by atoms with Gasteiger partial charge in [-0.05, 0) is 33.6 Å². The summed E-state index contributed by atoms with van der Waals surface area (Å²) < 4.78 is 0. The van der Waals surface area contributed by atoms with E-state index in [-0.39, 0.29) is 6.10 Å². The normalized spacial score (nSPS) is 30.2. The fraction of sp³-hybridized carbons (Fsp3) is 0.818. The van der Waals surface area contributed by atoms with E-state index in [1.165, 1.54) is 5.57 Å². The largest absolute Gasteiger partial charge is 0.393 e. The molecule has 0 aromatic rings. The fourth-order valence-corrected chi connectivity index (χ4v) is 1.77. The number of likely N-dealkylation sites (tertiary alicyclic amines) is 1. The lowest BCUT2D eigenvalue weighted by Crippen LogP contribution is -2.42. The molecule has 1 aliphatic heterocycles. The number of piperidine rings is 1. The van der Waals surface area contributed by atoms with Gasteiger partial charge in [0, 0.05) is 19.1 Å². The van der Waals surface area contributed by atoms with Crippen molar-refractivity contribution < 1.29 is 5.11 Å². The van der Waals surface area contributed by atoms with Crippen LogP contribution in [0, 0.1) is 0 Å². The topological polar surface area (TPSA) is 23.5 Å². The minimum atomic E-state index is -0.0713. The van der Waals surface area contributed by atoms with Crippen molar-refractivity contribution in [3.63, 3.8) is 0 Å². The summed E-state index contributed by atoms with van der Waals surface area (Å²) in [6, 6.07) is 0.527. The molecule has 0 aromatic heterocycles. The molecule has 0 spiro atoms. The van der Waals surface area contributed by atoms with Gasteiger partial charge in [-0.1, -0.05) is 11.6 Å². The zero-order valence-electron chi connectivity index (χ0n) is 8.95. The maximum absolute atomic E-state index is 9.43. The lowest BCUT2D eigenvalue weighted by Gasteiger charge is -2.35. The number of nitrogens with zero attached hydrogens (tertiary/aromatic N) is 1. The Labute approximate surface area is 81.2 Å². The van der Waals surface area contributed by atoms with Crippen molar-refractivity contribution in [1.82, 2.24) is 4.90 Å². The summed E-state index contributed by atoms with van der Waals surface area (Å²) >= 11 is 0. The van der Waals surface area contributed by atoms with Crippen molar-refractivity contribution >= 4 is 0 Å². The van der Waals surface area contributed by atoms with E-state index in [0.29, 0.717) is 6.04 Å². The summed E-state index contributed by atoms with van der Waals surface area (Å²) in [5, 5.41) is 9.43. The Balaban J connectivity index is 2.38. The Morgan fingerprint density at radius 2 is 2.23 bits per heavy atom. The van der Waals surface area contributed by atoms with Crippen LogP contribution in [0.2, 0.25) is 0 Å². The van der Waals surface area contributed by atoms with Crippen LogP contribution in [0.4, 0.5) is 0 Å². The number of hydrogen-bond donors (Lipinski definition) is 1. The highest BCUT2D eigenvalue weighted by atomic mass is 16.3. The van der Waals surface area contributed by atoms with Gasteiger partial charge in [-0.15, -0.1) is 0 Å². The summed E-state index contributed by atoms with van der Waals surface area (Å²) in [5.41, 5.74) is 1.37. The highest BCUT2D eigenvalue weighted by molar-refractivity contribution is 4.96. The average molecular weight is 183 g/mol. The van der Waals surface area contributed by atoms with Gasteiger partial charge in [-0.25, -0.2) is 0 Å². The van der Waals surface area contributed by atoms with Gasteiger partial charge in [0.1, 0.15) is 0 Å². The van der Waals surface area contributed by atoms with Crippen LogP contribution in [0.5, 0.6) is 0 Å². The zero-order valence-corrected chi connectivity index (χ0v) is 8.95. The number of rotatable bonds is 2. The molecule has 2 heteroatoms. The second-order valence-corrected chi connectivity index (χ2v) is 4.30. The minimum Gasteiger partial charge on any atom is -0.393 e. The van der Waals surface area contributed by atoms with Crippen LogP contribution in [0.25, 0.3) is 0 Å². The highest BCUT2D eigenvalue weighted by Crippen LogP contribution is 2.16. The predicted octanol–water partition coefficient (Wildman–Crippen LogP) is 1.80. The lowest BCUT2D eigenvalue weighted by atomic mass is 10.0. The maximum Gasteiger partial charge on any atom is 0.0567 e. The third kappa shape index (κ3) is 3.49. The number of aliphatic hydroxyl groups is 1. The van der Waals surface area contributed by atoms with E-state index in [4.69, 9.17) is 0 Å². The molecule has 2 nitrogen and oxygen atoms in total. The van der Waals surface area contributed by atoms with E-state index >= 15 is 0 Å². The van der Waals surface area contributed by atoms with Crippen molar-refractivity contribution in [2.45, 2.75) is 45.8 Å². The molecular weight excluding hydrogens is 162 g/mol. The van der Waals surface area contributed by atoms with Gasteiger partial charge < -0.3 is 5.11 Å². The molecule has 0 aromatic carbocycles. The van der Waals surface area contributed by atoms with Crippen molar-refractivity contribution in [2.24, 2.45) is 0 Å². The molecule has 2 unspecified atom stereocenters. The number of hydrogen-bond acceptors (Lipinski definition) is 2. The van der Waals surface area contributed by atoms with Crippen molar-refractivity contribution in [1.29, 1.82) is 0 Å². The Bertz CT molecular complexity index is 185. The molecule has 1 aliphatic rings. The van der Waals surface area contributed by atoms with E-state index in [2.05, 4.69) is 31.7 Å². The lowest BCUT2D eigenvalue weighted by molar-refractivity contribution is 0.0546. The average Bonchev–Trinajstić information content (AvgIpc) is 2.02. The second-order valence-electron chi connectivity index (χ2n) is 4.30. The molecule has 0 amide bonds. The molecular formula is C11H21NO. The monoisotopic (exact) mass is 183 g/mol. The summed E-state index contributed by atoms with van der Waals surface area (Å²) in [5.74, 6) is 0. The Morgan fingerprint density at radius 3 is 2.77 bits per heavy atom. The predicted molar refractivity (Wildman–Crippen MR) is 55.7 cm³/mol. The van der Waals surface area contributed by atoms with Crippen LogP contribution in [0.3, 0.4) is 0 Å². The van der Waals surface area contributed by atoms with Crippen molar-refractivity contribution in [2.75, 3.05) is 13.1 Å². The third-order valence-corrected chi connectivity index (χ3v) is 2.72. The van der Waals surface area contributed by atoms with Crippen LogP contribution < -0.4 is 0 Å². The molecule has 0 radical (unpaired) electrons. The van der Waals surface area contributed by atoms with Gasteiger partial charge >= 0.3 is 0 Å². The molecule has 1 fully saturated rings. The van der Waals surface area contributed by atoms with E-state index in [1.54, 1.807) is 0 Å². The van der Waals surface area contributed by atoms with E-state index in [9.17, 15) is 5.11 Å². The maximum atomic E-state index is 9.43. The van der Waals surface area contributed by atoms with Gasteiger partial charge in [-0.3, -0.25) is 4.90 Å². The van der Waals surface area contributed by atoms with Gasteiger partial charge in [0.2, 0.25) is 0 Å². The van der Waals surface area contributed by atoms with Crippen LogP contribution in [0.1, 0.15) is 33.6 Å². The van der Waals surface area contributed by atoms with Crippen LogP contribution >= 0.6 is 0 Å².